The molecule has 0 bridgehead atoms. The van der Waals surface area contributed by atoms with Crippen LogP contribution in [0.4, 0.5) is 0 Å². The van der Waals surface area contributed by atoms with E-state index in [0.29, 0.717) is 12.1 Å². The van der Waals surface area contributed by atoms with Gasteiger partial charge in [-0.15, -0.1) is 0 Å². The highest BCUT2D eigenvalue weighted by molar-refractivity contribution is 5.21. The summed E-state index contributed by atoms with van der Waals surface area (Å²) in [5, 5.41) is 3.36. The lowest BCUT2D eigenvalue weighted by Crippen LogP contribution is -2.20. The van der Waals surface area contributed by atoms with Crippen LogP contribution in [-0.4, -0.2) is 18.7 Å². The summed E-state index contributed by atoms with van der Waals surface area (Å²) in [5.74, 6) is 0.975. The van der Waals surface area contributed by atoms with Crippen molar-refractivity contribution in [2.45, 2.75) is 25.5 Å². The van der Waals surface area contributed by atoms with E-state index in [0.717, 1.165) is 18.7 Å². The van der Waals surface area contributed by atoms with Crippen LogP contribution in [0.3, 0.4) is 0 Å². The number of ether oxygens (including phenoxy) is 1. The lowest BCUT2D eigenvalue weighted by molar-refractivity contribution is 0.220. The van der Waals surface area contributed by atoms with E-state index in [-0.39, 0.29) is 0 Å². The van der Waals surface area contributed by atoms with Crippen LogP contribution >= 0.6 is 0 Å². The highest BCUT2D eigenvalue weighted by Gasteiger charge is 2.21. The average Bonchev–Trinajstić information content (AvgIpc) is 2.53. The number of nitrogens with one attached hydrogen (secondary N) is 1. The molecule has 1 aromatic rings. The maximum atomic E-state index is 5.78. The Hall–Kier alpha value is -1.02. The van der Waals surface area contributed by atoms with Crippen molar-refractivity contribution in [2.75, 3.05) is 6.54 Å². The van der Waals surface area contributed by atoms with Gasteiger partial charge in [-0.3, -0.25) is 0 Å². The first-order chi connectivity index (χ1) is 6.34. The molecule has 1 N–H and O–H groups in total. The Morgan fingerprint density at radius 1 is 1.31 bits per heavy atom. The van der Waals surface area contributed by atoms with Crippen LogP contribution < -0.4 is 10.1 Å². The molecule has 2 nitrogen and oxygen atoms in total. The minimum Gasteiger partial charge on any atom is -0.489 e. The molecule has 1 fully saturated rings. The molecule has 0 spiro atoms. The van der Waals surface area contributed by atoms with Crippen molar-refractivity contribution >= 4 is 0 Å². The average molecular weight is 177 g/mol. The van der Waals surface area contributed by atoms with Crippen LogP contribution in [0.5, 0.6) is 5.75 Å². The van der Waals surface area contributed by atoms with Crippen LogP contribution in [0.15, 0.2) is 30.3 Å². The van der Waals surface area contributed by atoms with Gasteiger partial charge in [0.2, 0.25) is 0 Å². The summed E-state index contributed by atoms with van der Waals surface area (Å²) in [6, 6.07) is 10.6. The van der Waals surface area contributed by atoms with Crippen LogP contribution in [0, 0.1) is 0 Å². The fourth-order valence-corrected chi connectivity index (χ4v) is 1.67. The molecule has 13 heavy (non-hydrogen) atoms. The maximum absolute atomic E-state index is 5.78. The molecule has 2 atom stereocenters. The van der Waals surface area contributed by atoms with Gasteiger partial charge in [0.05, 0.1) is 0 Å². The van der Waals surface area contributed by atoms with Gasteiger partial charge in [0.15, 0.2) is 0 Å². The Morgan fingerprint density at radius 2 is 2.08 bits per heavy atom. The molecule has 1 aliphatic rings. The van der Waals surface area contributed by atoms with Crippen molar-refractivity contribution in [3.63, 3.8) is 0 Å². The largest absolute Gasteiger partial charge is 0.489 e. The minimum absolute atomic E-state index is 0.345. The topological polar surface area (TPSA) is 21.3 Å². The summed E-state index contributed by atoms with van der Waals surface area (Å²) in [7, 11) is 0. The predicted molar refractivity (Wildman–Crippen MR) is 52.9 cm³/mol. The molecule has 0 aliphatic carbocycles. The molecule has 1 heterocycles. The van der Waals surface area contributed by atoms with Crippen LogP contribution in [0.1, 0.15) is 13.3 Å². The molecule has 2 heteroatoms. The third kappa shape index (κ3) is 2.22. The Bertz CT molecular complexity index is 260. The highest BCUT2D eigenvalue weighted by Crippen LogP contribution is 2.16. The van der Waals surface area contributed by atoms with E-state index < -0.39 is 0 Å². The summed E-state index contributed by atoms with van der Waals surface area (Å²) < 4.78 is 5.78. The van der Waals surface area contributed by atoms with Gasteiger partial charge in [0, 0.05) is 19.0 Å². The van der Waals surface area contributed by atoms with Gasteiger partial charge in [0.1, 0.15) is 11.9 Å². The second-order valence-corrected chi connectivity index (χ2v) is 3.60. The molecule has 1 aliphatic heterocycles. The number of para-hydroxylation sites is 1. The van der Waals surface area contributed by atoms with E-state index in [9.17, 15) is 0 Å². The van der Waals surface area contributed by atoms with Crippen LogP contribution in [0.2, 0.25) is 0 Å². The van der Waals surface area contributed by atoms with Crippen molar-refractivity contribution in [3.05, 3.63) is 30.3 Å². The molecule has 1 saturated heterocycles. The Morgan fingerprint density at radius 3 is 2.69 bits per heavy atom. The third-order valence-corrected chi connectivity index (χ3v) is 2.36. The Kier molecular flexibility index (Phi) is 2.50. The van der Waals surface area contributed by atoms with Gasteiger partial charge in [-0.1, -0.05) is 18.2 Å². The lowest BCUT2D eigenvalue weighted by Gasteiger charge is -2.11. The summed E-state index contributed by atoms with van der Waals surface area (Å²) in [4.78, 5) is 0. The normalized spacial score (nSPS) is 27.5. The van der Waals surface area contributed by atoms with Crippen molar-refractivity contribution in [1.29, 1.82) is 0 Å². The fourth-order valence-electron chi connectivity index (χ4n) is 1.67. The Labute approximate surface area is 78.9 Å². The molecular weight excluding hydrogens is 162 g/mol. The van der Waals surface area contributed by atoms with Gasteiger partial charge in [-0.25, -0.2) is 0 Å². The Balaban J connectivity index is 1.92. The second-order valence-electron chi connectivity index (χ2n) is 3.60. The molecular formula is C11H15NO. The SMILES string of the molecule is CC1CC(Oc2ccccc2)CN1. The molecule has 0 saturated carbocycles. The summed E-state index contributed by atoms with van der Waals surface area (Å²) >= 11 is 0. The quantitative estimate of drug-likeness (QED) is 0.744. The van der Waals surface area contributed by atoms with Gasteiger partial charge in [-0.2, -0.15) is 0 Å². The lowest BCUT2D eigenvalue weighted by atomic mass is 10.2. The first kappa shape index (κ1) is 8.57. The maximum Gasteiger partial charge on any atom is 0.119 e. The summed E-state index contributed by atoms with van der Waals surface area (Å²) in [6.45, 7) is 3.16. The molecule has 0 amide bonds. The van der Waals surface area contributed by atoms with Gasteiger partial charge < -0.3 is 10.1 Å². The van der Waals surface area contributed by atoms with Crippen molar-refractivity contribution in [3.8, 4) is 5.75 Å². The zero-order chi connectivity index (χ0) is 9.10. The zero-order valence-electron chi connectivity index (χ0n) is 7.86. The van der Waals surface area contributed by atoms with Crippen molar-refractivity contribution in [2.24, 2.45) is 0 Å². The van der Waals surface area contributed by atoms with Crippen LogP contribution in [-0.2, 0) is 0 Å². The standard InChI is InChI=1S/C11H15NO/c1-9-7-11(8-12-9)13-10-5-3-2-4-6-10/h2-6,9,11-12H,7-8H2,1H3. The van der Waals surface area contributed by atoms with Gasteiger partial charge in [0.25, 0.3) is 0 Å². The minimum atomic E-state index is 0.345. The number of hydrogen-bond donors (Lipinski definition) is 1. The molecule has 1 aromatic carbocycles. The second kappa shape index (κ2) is 3.79. The smallest absolute Gasteiger partial charge is 0.119 e. The first-order valence-electron chi connectivity index (χ1n) is 4.79. The molecule has 2 unspecified atom stereocenters. The summed E-state index contributed by atoms with van der Waals surface area (Å²) in [5.41, 5.74) is 0. The van der Waals surface area contributed by atoms with Crippen molar-refractivity contribution < 1.29 is 4.74 Å². The molecule has 0 radical (unpaired) electrons. The van der Waals surface area contributed by atoms with E-state index in [1.807, 2.05) is 30.3 Å². The third-order valence-electron chi connectivity index (χ3n) is 2.36. The molecule has 2 rings (SSSR count). The van der Waals surface area contributed by atoms with E-state index in [1.165, 1.54) is 0 Å². The van der Waals surface area contributed by atoms with Gasteiger partial charge >= 0.3 is 0 Å². The monoisotopic (exact) mass is 177 g/mol. The highest BCUT2D eigenvalue weighted by atomic mass is 16.5. The van der Waals surface area contributed by atoms with E-state index in [4.69, 9.17) is 4.74 Å². The number of rotatable bonds is 2. The summed E-state index contributed by atoms with van der Waals surface area (Å²) in [6.07, 6.45) is 1.45. The van der Waals surface area contributed by atoms with Gasteiger partial charge in [-0.05, 0) is 19.1 Å². The number of benzene rings is 1. The fraction of sp³-hybridized carbons (Fsp3) is 0.455. The van der Waals surface area contributed by atoms with Crippen LogP contribution in [0.25, 0.3) is 0 Å². The molecule has 0 aromatic heterocycles. The van der Waals surface area contributed by atoms with E-state index in [1.54, 1.807) is 0 Å². The predicted octanol–water partition coefficient (Wildman–Crippen LogP) is 1.82. The van der Waals surface area contributed by atoms with Crippen molar-refractivity contribution in [1.82, 2.24) is 5.32 Å². The number of hydrogen-bond acceptors (Lipinski definition) is 2. The first-order valence-corrected chi connectivity index (χ1v) is 4.79. The molecule has 70 valence electrons. The zero-order valence-corrected chi connectivity index (χ0v) is 7.86. The van der Waals surface area contributed by atoms with E-state index in [2.05, 4.69) is 12.2 Å². The van der Waals surface area contributed by atoms with E-state index >= 15 is 0 Å².